The van der Waals surface area contributed by atoms with Gasteiger partial charge in [0.25, 0.3) is 0 Å². The molecule has 0 unspecified atom stereocenters. The van der Waals surface area contributed by atoms with Crippen LogP contribution in [-0.4, -0.2) is 62.0 Å². The van der Waals surface area contributed by atoms with E-state index in [1.807, 2.05) is 0 Å². The second-order valence-corrected chi connectivity index (χ2v) is 8.01. The van der Waals surface area contributed by atoms with Gasteiger partial charge in [-0.3, -0.25) is 4.79 Å². The van der Waals surface area contributed by atoms with Gasteiger partial charge in [0.15, 0.2) is 0 Å². The van der Waals surface area contributed by atoms with E-state index < -0.39 is 10.0 Å². The largest absolute Gasteiger partial charge is 0.340 e. The van der Waals surface area contributed by atoms with Crippen molar-refractivity contribution >= 4 is 15.9 Å². The maximum atomic E-state index is 12.2. The van der Waals surface area contributed by atoms with Crippen LogP contribution in [0.5, 0.6) is 0 Å². The van der Waals surface area contributed by atoms with E-state index in [0.29, 0.717) is 44.6 Å². The van der Waals surface area contributed by atoms with Gasteiger partial charge in [0.1, 0.15) is 0 Å². The molecule has 0 bridgehead atoms. The minimum atomic E-state index is -3.13. The van der Waals surface area contributed by atoms with Crippen LogP contribution >= 0.6 is 0 Å². The molecule has 2 aliphatic rings. The Labute approximate surface area is 121 Å². The van der Waals surface area contributed by atoms with Gasteiger partial charge in [0.2, 0.25) is 15.9 Å². The summed E-state index contributed by atoms with van der Waals surface area (Å²) >= 11 is 0. The van der Waals surface area contributed by atoms with Crippen LogP contribution in [0.15, 0.2) is 0 Å². The van der Waals surface area contributed by atoms with Crippen molar-refractivity contribution < 1.29 is 13.2 Å². The molecule has 0 aromatic rings. The Bertz CT molecular complexity index is 436. The van der Waals surface area contributed by atoms with E-state index in [-0.39, 0.29) is 5.91 Å². The Balaban J connectivity index is 1.77. The molecule has 0 spiro atoms. The van der Waals surface area contributed by atoms with Gasteiger partial charge >= 0.3 is 0 Å². The summed E-state index contributed by atoms with van der Waals surface area (Å²) in [5.41, 5.74) is 5.87. The zero-order valence-corrected chi connectivity index (χ0v) is 12.9. The zero-order chi connectivity index (χ0) is 14.8. The highest BCUT2D eigenvalue weighted by molar-refractivity contribution is 7.88. The van der Waals surface area contributed by atoms with E-state index in [1.165, 1.54) is 10.6 Å². The highest BCUT2D eigenvalue weighted by Crippen LogP contribution is 2.26. The first-order valence-corrected chi connectivity index (χ1v) is 9.19. The van der Waals surface area contributed by atoms with Crippen LogP contribution in [0.4, 0.5) is 0 Å². The van der Waals surface area contributed by atoms with Crippen molar-refractivity contribution in [1.29, 1.82) is 0 Å². The summed E-state index contributed by atoms with van der Waals surface area (Å²) < 4.78 is 24.3. The molecule has 0 atom stereocenters. The summed E-state index contributed by atoms with van der Waals surface area (Å²) in [6, 6.07) is 0.305. The number of rotatable bonds is 3. The lowest BCUT2D eigenvalue weighted by Gasteiger charge is -2.34. The molecule has 116 valence electrons. The molecule has 1 aliphatic carbocycles. The fourth-order valence-electron chi connectivity index (χ4n) is 3.04. The average molecular weight is 303 g/mol. The van der Waals surface area contributed by atoms with Gasteiger partial charge in [0.05, 0.1) is 6.26 Å². The topological polar surface area (TPSA) is 83.7 Å². The van der Waals surface area contributed by atoms with Crippen LogP contribution in [0.1, 0.15) is 32.1 Å². The van der Waals surface area contributed by atoms with Crippen LogP contribution in [0, 0.1) is 5.92 Å². The third-order valence-electron chi connectivity index (χ3n) is 4.42. The third-order valence-corrected chi connectivity index (χ3v) is 5.72. The van der Waals surface area contributed by atoms with Crippen molar-refractivity contribution in [1.82, 2.24) is 9.21 Å². The fraction of sp³-hybridized carbons (Fsp3) is 0.923. The van der Waals surface area contributed by atoms with E-state index >= 15 is 0 Å². The first-order chi connectivity index (χ1) is 9.36. The smallest absolute Gasteiger partial charge is 0.222 e. The molecule has 1 saturated heterocycles. The zero-order valence-electron chi connectivity index (χ0n) is 12.1. The molecule has 0 aromatic carbocycles. The van der Waals surface area contributed by atoms with Crippen LogP contribution in [0.2, 0.25) is 0 Å². The van der Waals surface area contributed by atoms with Gasteiger partial charge in [-0.1, -0.05) is 0 Å². The number of hydrogen-bond acceptors (Lipinski definition) is 4. The lowest BCUT2D eigenvalue weighted by atomic mass is 9.84. The van der Waals surface area contributed by atoms with Crippen LogP contribution in [0.25, 0.3) is 0 Å². The fourth-order valence-corrected chi connectivity index (χ4v) is 3.86. The van der Waals surface area contributed by atoms with E-state index in [4.69, 9.17) is 5.73 Å². The second-order valence-electron chi connectivity index (χ2n) is 6.03. The minimum Gasteiger partial charge on any atom is -0.340 e. The van der Waals surface area contributed by atoms with Crippen molar-refractivity contribution in [3.05, 3.63) is 0 Å². The summed E-state index contributed by atoms with van der Waals surface area (Å²) in [6.07, 6.45) is 5.91. The summed E-state index contributed by atoms with van der Waals surface area (Å²) in [5.74, 6) is 0.619. The molecular formula is C13H25N3O3S. The Morgan fingerprint density at radius 2 is 1.65 bits per heavy atom. The molecule has 1 aliphatic heterocycles. The summed E-state index contributed by atoms with van der Waals surface area (Å²) in [5, 5.41) is 0. The average Bonchev–Trinajstić information content (AvgIpc) is 2.40. The Kier molecular flexibility index (Phi) is 5.04. The molecule has 1 heterocycles. The predicted molar refractivity (Wildman–Crippen MR) is 77.5 cm³/mol. The van der Waals surface area contributed by atoms with Crippen molar-refractivity contribution in [3.8, 4) is 0 Å². The van der Waals surface area contributed by atoms with Gasteiger partial charge in [-0.25, -0.2) is 8.42 Å². The first kappa shape index (κ1) is 15.7. The highest BCUT2D eigenvalue weighted by Gasteiger charge is 2.28. The van der Waals surface area contributed by atoms with Gasteiger partial charge in [0, 0.05) is 38.6 Å². The Morgan fingerprint density at radius 1 is 1.10 bits per heavy atom. The van der Waals surface area contributed by atoms with E-state index in [1.54, 1.807) is 4.90 Å². The molecule has 2 fully saturated rings. The predicted octanol–water partition coefficient (Wildman–Crippen LogP) is -0.00220. The van der Waals surface area contributed by atoms with Crippen molar-refractivity contribution in [3.63, 3.8) is 0 Å². The number of sulfonamides is 1. The van der Waals surface area contributed by atoms with Crippen LogP contribution in [-0.2, 0) is 14.8 Å². The maximum Gasteiger partial charge on any atom is 0.222 e. The number of nitrogens with two attached hydrogens (primary N) is 1. The maximum absolute atomic E-state index is 12.2. The Hall–Kier alpha value is -0.660. The van der Waals surface area contributed by atoms with Gasteiger partial charge in [-0.15, -0.1) is 0 Å². The van der Waals surface area contributed by atoms with E-state index in [0.717, 1.165) is 25.7 Å². The van der Waals surface area contributed by atoms with E-state index in [9.17, 15) is 13.2 Å². The molecule has 0 aromatic heterocycles. The second kappa shape index (κ2) is 6.41. The van der Waals surface area contributed by atoms with Crippen molar-refractivity contribution in [2.24, 2.45) is 11.7 Å². The minimum absolute atomic E-state index is 0.165. The van der Waals surface area contributed by atoms with Gasteiger partial charge in [-0.05, 0) is 31.6 Å². The van der Waals surface area contributed by atoms with Crippen LogP contribution < -0.4 is 5.73 Å². The molecule has 1 amide bonds. The molecule has 2 rings (SSSR count). The monoisotopic (exact) mass is 303 g/mol. The van der Waals surface area contributed by atoms with Crippen LogP contribution in [0.3, 0.4) is 0 Å². The number of carbonyl (C=O) groups excluding carboxylic acids is 1. The highest BCUT2D eigenvalue weighted by atomic mass is 32.2. The third kappa shape index (κ3) is 4.17. The SMILES string of the molecule is CS(=O)(=O)N1CCN(C(=O)CC2CCC(N)CC2)CC1. The lowest BCUT2D eigenvalue weighted by Crippen LogP contribution is -2.50. The number of nitrogens with zero attached hydrogens (tertiary/aromatic N) is 2. The molecule has 0 radical (unpaired) electrons. The molecule has 2 N–H and O–H groups in total. The number of amides is 1. The Morgan fingerprint density at radius 3 is 2.15 bits per heavy atom. The molecular weight excluding hydrogens is 278 g/mol. The van der Waals surface area contributed by atoms with Crippen molar-refractivity contribution in [2.45, 2.75) is 38.1 Å². The molecule has 20 heavy (non-hydrogen) atoms. The number of hydrogen-bond donors (Lipinski definition) is 1. The van der Waals surface area contributed by atoms with E-state index in [2.05, 4.69) is 0 Å². The summed E-state index contributed by atoms with van der Waals surface area (Å²) in [7, 11) is -3.13. The molecule has 7 heteroatoms. The first-order valence-electron chi connectivity index (χ1n) is 7.34. The molecule has 1 saturated carbocycles. The quantitative estimate of drug-likeness (QED) is 0.795. The summed E-state index contributed by atoms with van der Waals surface area (Å²) in [4.78, 5) is 14.0. The number of carbonyl (C=O) groups is 1. The summed E-state index contributed by atoms with van der Waals surface area (Å²) in [6.45, 7) is 1.86. The molecule has 6 nitrogen and oxygen atoms in total. The van der Waals surface area contributed by atoms with Gasteiger partial charge < -0.3 is 10.6 Å². The van der Waals surface area contributed by atoms with Crippen molar-refractivity contribution in [2.75, 3.05) is 32.4 Å². The standard InChI is InChI=1S/C13H25N3O3S/c1-20(18,19)16-8-6-15(7-9-16)13(17)10-11-2-4-12(14)5-3-11/h11-12H,2-10,14H2,1H3. The number of piperazine rings is 1. The normalized spacial score (nSPS) is 29.4. The van der Waals surface area contributed by atoms with Gasteiger partial charge in [-0.2, -0.15) is 4.31 Å². The lowest BCUT2D eigenvalue weighted by molar-refractivity contribution is -0.133.